The van der Waals surface area contributed by atoms with E-state index in [-0.39, 0.29) is 16.3 Å². The first-order chi connectivity index (χ1) is 12.0. The van der Waals surface area contributed by atoms with Gasteiger partial charge in [0.1, 0.15) is 16.3 Å². The first kappa shape index (κ1) is 17.1. The largest absolute Gasteiger partial charge is 0.506 e. The molecule has 0 spiro atoms. The number of methoxy groups -OCH3 is 1. The number of pyridine rings is 1. The van der Waals surface area contributed by atoms with Gasteiger partial charge in [-0.1, -0.05) is 36.5 Å². The fourth-order valence-corrected chi connectivity index (χ4v) is 3.01. The maximum absolute atomic E-state index is 12.5. The van der Waals surface area contributed by atoms with Crippen LogP contribution in [0.2, 0.25) is 0 Å². The van der Waals surface area contributed by atoms with Crippen LogP contribution in [0.15, 0.2) is 53.3 Å². The van der Waals surface area contributed by atoms with E-state index < -0.39 is 5.56 Å². The van der Waals surface area contributed by atoms with E-state index in [2.05, 4.69) is 4.98 Å². The van der Waals surface area contributed by atoms with Crippen LogP contribution in [0.5, 0.6) is 5.75 Å². The second-order valence-corrected chi connectivity index (χ2v) is 6.08. The summed E-state index contributed by atoms with van der Waals surface area (Å²) >= 11 is 5.47. The second-order valence-electron chi connectivity index (χ2n) is 5.69. The zero-order valence-corrected chi connectivity index (χ0v) is 14.8. The number of thiocarbonyl (C=S) groups is 1. The van der Waals surface area contributed by atoms with E-state index in [1.54, 1.807) is 31.2 Å². The van der Waals surface area contributed by atoms with Gasteiger partial charge in [0.25, 0.3) is 5.56 Å². The van der Waals surface area contributed by atoms with E-state index in [1.807, 2.05) is 36.4 Å². The lowest BCUT2D eigenvalue weighted by Crippen LogP contribution is -2.30. The van der Waals surface area contributed by atoms with Crippen LogP contribution in [0.1, 0.15) is 11.1 Å². The molecule has 2 N–H and O–H groups in total. The molecule has 0 aliphatic heterocycles. The summed E-state index contributed by atoms with van der Waals surface area (Å²) in [5.74, 6) is -0.121. The monoisotopic (exact) mass is 354 g/mol. The van der Waals surface area contributed by atoms with Gasteiger partial charge in [0.05, 0.1) is 12.1 Å². The Morgan fingerprint density at radius 3 is 2.64 bits per heavy atom. The van der Waals surface area contributed by atoms with Gasteiger partial charge in [-0.3, -0.25) is 4.79 Å². The fourth-order valence-electron chi connectivity index (χ4n) is 2.71. The van der Waals surface area contributed by atoms with Crippen LogP contribution >= 0.6 is 12.2 Å². The molecule has 1 aromatic heterocycles. The van der Waals surface area contributed by atoms with Crippen molar-refractivity contribution >= 4 is 33.8 Å². The standard InChI is InChI=1S/C19H18N2O3S/c1-21(13-6-4-3-5-7-13)19(25)16-17(22)14-10-12(11-24-2)8-9-15(14)20-18(16)23/h3-10H,11H2,1-2H3,(H2,20,22,23). The number of nitrogens with zero attached hydrogens (tertiary/aromatic N) is 1. The van der Waals surface area contributed by atoms with E-state index in [0.29, 0.717) is 17.5 Å². The molecule has 128 valence electrons. The number of anilines is 1. The van der Waals surface area contributed by atoms with Gasteiger partial charge in [0.2, 0.25) is 0 Å². The van der Waals surface area contributed by atoms with Crippen molar-refractivity contribution in [3.8, 4) is 5.75 Å². The van der Waals surface area contributed by atoms with Gasteiger partial charge in [-0.25, -0.2) is 0 Å². The Labute approximate surface area is 150 Å². The first-order valence-electron chi connectivity index (χ1n) is 7.73. The minimum Gasteiger partial charge on any atom is -0.506 e. The van der Waals surface area contributed by atoms with Crippen molar-refractivity contribution in [1.29, 1.82) is 0 Å². The zero-order chi connectivity index (χ0) is 18.0. The van der Waals surface area contributed by atoms with Crippen LogP contribution < -0.4 is 10.5 Å². The third-order valence-corrected chi connectivity index (χ3v) is 4.50. The van der Waals surface area contributed by atoms with Crippen molar-refractivity contribution in [3.63, 3.8) is 0 Å². The highest BCUT2D eigenvalue weighted by Crippen LogP contribution is 2.28. The molecule has 0 saturated carbocycles. The minimum absolute atomic E-state index is 0.0865. The number of hydrogen-bond acceptors (Lipinski definition) is 4. The van der Waals surface area contributed by atoms with Crippen molar-refractivity contribution in [2.45, 2.75) is 6.61 Å². The third-order valence-electron chi connectivity index (χ3n) is 4.02. The number of para-hydroxylation sites is 1. The van der Waals surface area contributed by atoms with Gasteiger partial charge >= 0.3 is 0 Å². The second kappa shape index (κ2) is 7.04. The number of hydrogen-bond donors (Lipinski definition) is 2. The van der Waals surface area contributed by atoms with Gasteiger partial charge in [-0.15, -0.1) is 0 Å². The van der Waals surface area contributed by atoms with Crippen LogP contribution in [-0.2, 0) is 11.3 Å². The number of aromatic amines is 1. The SMILES string of the molecule is COCc1ccc2[nH]c(=O)c(C(=S)N(C)c3ccccc3)c(O)c2c1. The predicted octanol–water partition coefficient (Wildman–Crippen LogP) is 3.19. The molecule has 0 fully saturated rings. The number of benzene rings is 2. The molecule has 5 nitrogen and oxygen atoms in total. The van der Waals surface area contributed by atoms with E-state index in [0.717, 1.165) is 11.3 Å². The maximum atomic E-state index is 12.5. The Balaban J connectivity index is 2.12. The smallest absolute Gasteiger partial charge is 0.262 e. The molecule has 0 radical (unpaired) electrons. The van der Waals surface area contributed by atoms with Gasteiger partial charge in [0.15, 0.2) is 0 Å². The Bertz CT molecular complexity index is 983. The Hall–Kier alpha value is -2.70. The summed E-state index contributed by atoms with van der Waals surface area (Å²) in [6.45, 7) is 0.415. The number of aromatic nitrogens is 1. The molecular formula is C19H18N2O3S. The molecule has 25 heavy (non-hydrogen) atoms. The summed E-state index contributed by atoms with van der Waals surface area (Å²) in [5, 5.41) is 11.2. The normalized spacial score (nSPS) is 10.8. The van der Waals surface area contributed by atoms with Crippen molar-refractivity contribution in [3.05, 3.63) is 70.0 Å². The van der Waals surface area contributed by atoms with Crippen LogP contribution in [0.4, 0.5) is 5.69 Å². The van der Waals surface area contributed by atoms with E-state index in [1.165, 1.54) is 0 Å². The number of fused-ring (bicyclic) bond motifs is 1. The Morgan fingerprint density at radius 2 is 1.96 bits per heavy atom. The molecule has 1 heterocycles. The lowest BCUT2D eigenvalue weighted by molar-refractivity contribution is 0.185. The highest BCUT2D eigenvalue weighted by Gasteiger charge is 2.20. The highest BCUT2D eigenvalue weighted by molar-refractivity contribution is 7.81. The summed E-state index contributed by atoms with van der Waals surface area (Å²) in [5.41, 5.74) is 1.95. The summed E-state index contributed by atoms with van der Waals surface area (Å²) in [6.07, 6.45) is 0. The number of nitrogens with one attached hydrogen (secondary N) is 1. The molecular weight excluding hydrogens is 336 g/mol. The Morgan fingerprint density at radius 1 is 1.24 bits per heavy atom. The minimum atomic E-state index is -0.419. The average molecular weight is 354 g/mol. The number of ether oxygens (including phenoxy) is 1. The molecule has 3 aromatic rings. The predicted molar refractivity (Wildman–Crippen MR) is 103 cm³/mol. The van der Waals surface area contributed by atoms with Crippen LogP contribution in [0.25, 0.3) is 10.9 Å². The number of aromatic hydroxyl groups is 1. The topological polar surface area (TPSA) is 65.6 Å². The van der Waals surface area contributed by atoms with Crippen molar-refractivity contribution in [2.75, 3.05) is 19.1 Å². The van der Waals surface area contributed by atoms with E-state index >= 15 is 0 Å². The number of H-pyrrole nitrogens is 1. The summed E-state index contributed by atoms with van der Waals surface area (Å²) < 4.78 is 5.13. The number of rotatable bonds is 4. The summed E-state index contributed by atoms with van der Waals surface area (Å²) in [6, 6.07) is 14.8. The molecule has 0 amide bonds. The Kier molecular flexibility index (Phi) is 4.83. The molecule has 2 aromatic carbocycles. The van der Waals surface area contributed by atoms with Gasteiger partial charge < -0.3 is 19.7 Å². The first-order valence-corrected chi connectivity index (χ1v) is 8.13. The molecule has 0 bridgehead atoms. The highest BCUT2D eigenvalue weighted by atomic mass is 32.1. The van der Waals surface area contributed by atoms with Crippen LogP contribution in [0, 0.1) is 0 Å². The maximum Gasteiger partial charge on any atom is 0.262 e. The zero-order valence-electron chi connectivity index (χ0n) is 13.9. The fraction of sp³-hybridized carbons (Fsp3) is 0.158. The molecule has 0 saturated heterocycles. The summed E-state index contributed by atoms with van der Waals surface area (Å²) in [7, 11) is 3.37. The van der Waals surface area contributed by atoms with Gasteiger partial charge in [-0.2, -0.15) is 0 Å². The van der Waals surface area contributed by atoms with Gasteiger partial charge in [-0.05, 0) is 29.8 Å². The lowest BCUT2D eigenvalue weighted by Gasteiger charge is -2.20. The molecule has 0 atom stereocenters. The quantitative estimate of drug-likeness (QED) is 0.705. The van der Waals surface area contributed by atoms with Gasteiger partial charge in [0, 0.05) is 25.2 Å². The van der Waals surface area contributed by atoms with Crippen molar-refractivity contribution < 1.29 is 9.84 Å². The molecule has 3 rings (SSSR count). The third kappa shape index (κ3) is 3.26. The lowest BCUT2D eigenvalue weighted by atomic mass is 10.1. The average Bonchev–Trinajstić information content (AvgIpc) is 2.62. The molecule has 6 heteroatoms. The van der Waals surface area contributed by atoms with Crippen LogP contribution in [-0.4, -0.2) is 29.2 Å². The van der Waals surface area contributed by atoms with Crippen molar-refractivity contribution in [1.82, 2.24) is 4.98 Å². The molecule has 0 unspecified atom stereocenters. The van der Waals surface area contributed by atoms with Crippen molar-refractivity contribution in [2.24, 2.45) is 0 Å². The molecule has 0 aliphatic carbocycles. The summed E-state index contributed by atoms with van der Waals surface area (Å²) in [4.78, 5) is 17.2. The molecule has 0 aliphatic rings. The van der Waals surface area contributed by atoms with E-state index in [4.69, 9.17) is 17.0 Å². The van der Waals surface area contributed by atoms with E-state index in [9.17, 15) is 9.90 Å². The van der Waals surface area contributed by atoms with Crippen LogP contribution in [0.3, 0.4) is 0 Å².